The van der Waals surface area contributed by atoms with Gasteiger partial charge in [-0.25, -0.2) is 4.98 Å². The van der Waals surface area contributed by atoms with Gasteiger partial charge in [0.05, 0.1) is 6.54 Å². The smallest absolute Gasteiger partial charge is 0.112 e. The van der Waals surface area contributed by atoms with Gasteiger partial charge in [-0.15, -0.1) is 11.3 Å². The first-order chi connectivity index (χ1) is 8.74. The van der Waals surface area contributed by atoms with Crippen molar-refractivity contribution in [3.05, 3.63) is 45.4 Å². The van der Waals surface area contributed by atoms with Crippen LogP contribution in [0.2, 0.25) is 0 Å². The fourth-order valence-electron chi connectivity index (χ4n) is 2.12. The van der Waals surface area contributed by atoms with E-state index in [1.165, 1.54) is 16.8 Å². The fraction of sp³-hybridized carbons (Fsp3) is 0.400. The van der Waals surface area contributed by atoms with Gasteiger partial charge in [0.2, 0.25) is 0 Å². The predicted molar refractivity (Wildman–Crippen MR) is 79.4 cm³/mol. The highest BCUT2D eigenvalue weighted by atomic mass is 32.1. The summed E-state index contributed by atoms with van der Waals surface area (Å²) >= 11 is 1.72. The number of nitrogens with one attached hydrogen (secondary N) is 1. The molecule has 0 saturated heterocycles. The fourth-order valence-corrected chi connectivity index (χ4v) is 2.83. The van der Waals surface area contributed by atoms with Gasteiger partial charge in [0.25, 0.3) is 0 Å². The molecule has 2 aromatic rings. The Kier molecular flexibility index (Phi) is 4.37. The second kappa shape index (κ2) is 6.01. The SMILES string of the molecule is CCc1cccc(CC)c1NCc1nc(C)cs1. The van der Waals surface area contributed by atoms with E-state index in [1.54, 1.807) is 11.3 Å². The molecule has 0 amide bonds. The van der Waals surface area contributed by atoms with E-state index in [2.05, 4.69) is 47.7 Å². The summed E-state index contributed by atoms with van der Waals surface area (Å²) < 4.78 is 0. The maximum Gasteiger partial charge on any atom is 0.112 e. The van der Waals surface area contributed by atoms with Gasteiger partial charge in [0, 0.05) is 16.8 Å². The quantitative estimate of drug-likeness (QED) is 0.872. The maximum atomic E-state index is 4.49. The zero-order valence-corrected chi connectivity index (χ0v) is 12.1. The van der Waals surface area contributed by atoms with E-state index in [9.17, 15) is 0 Å². The molecule has 1 aromatic heterocycles. The highest BCUT2D eigenvalue weighted by molar-refractivity contribution is 7.09. The van der Waals surface area contributed by atoms with Crippen LogP contribution in [0.4, 0.5) is 5.69 Å². The number of benzene rings is 1. The molecule has 0 aliphatic carbocycles. The number of hydrogen-bond donors (Lipinski definition) is 1. The Hall–Kier alpha value is -1.35. The molecule has 0 saturated carbocycles. The minimum atomic E-state index is 0.822. The lowest BCUT2D eigenvalue weighted by molar-refractivity contribution is 1.03. The van der Waals surface area contributed by atoms with E-state index >= 15 is 0 Å². The molecule has 96 valence electrons. The third-order valence-electron chi connectivity index (χ3n) is 3.08. The third-order valence-corrected chi connectivity index (χ3v) is 4.05. The molecule has 3 heteroatoms. The molecular weight excluding hydrogens is 240 g/mol. The number of thiazole rings is 1. The molecule has 0 radical (unpaired) electrons. The Bertz CT molecular complexity index is 495. The van der Waals surface area contributed by atoms with E-state index < -0.39 is 0 Å². The summed E-state index contributed by atoms with van der Waals surface area (Å²) in [4.78, 5) is 4.49. The first-order valence-electron chi connectivity index (χ1n) is 6.50. The largest absolute Gasteiger partial charge is 0.378 e. The lowest BCUT2D eigenvalue weighted by Crippen LogP contribution is -2.05. The van der Waals surface area contributed by atoms with Gasteiger partial charge in [0.15, 0.2) is 0 Å². The Morgan fingerprint density at radius 2 is 1.83 bits per heavy atom. The van der Waals surface area contributed by atoms with E-state index in [0.29, 0.717) is 0 Å². The average Bonchev–Trinajstić information content (AvgIpc) is 2.81. The third kappa shape index (κ3) is 2.91. The summed E-state index contributed by atoms with van der Waals surface area (Å²) in [6.45, 7) is 7.26. The Morgan fingerprint density at radius 3 is 2.33 bits per heavy atom. The zero-order chi connectivity index (χ0) is 13.0. The molecular formula is C15H20N2S. The molecule has 0 atom stereocenters. The molecule has 0 spiro atoms. The van der Waals surface area contributed by atoms with E-state index in [1.807, 2.05) is 6.92 Å². The van der Waals surface area contributed by atoms with Crippen molar-refractivity contribution < 1.29 is 0 Å². The molecule has 0 aliphatic rings. The monoisotopic (exact) mass is 260 g/mol. The number of rotatable bonds is 5. The van der Waals surface area contributed by atoms with Gasteiger partial charge in [-0.1, -0.05) is 32.0 Å². The van der Waals surface area contributed by atoms with Crippen molar-refractivity contribution in [3.8, 4) is 0 Å². The van der Waals surface area contributed by atoms with Gasteiger partial charge in [0.1, 0.15) is 5.01 Å². The van der Waals surface area contributed by atoms with Crippen molar-refractivity contribution in [2.45, 2.75) is 40.2 Å². The Labute approximate surface area is 113 Å². The van der Waals surface area contributed by atoms with Crippen molar-refractivity contribution in [1.29, 1.82) is 0 Å². The van der Waals surface area contributed by atoms with Crippen LogP contribution in [-0.2, 0) is 19.4 Å². The van der Waals surface area contributed by atoms with Crippen molar-refractivity contribution in [2.24, 2.45) is 0 Å². The minimum Gasteiger partial charge on any atom is -0.378 e. The number of anilines is 1. The van der Waals surface area contributed by atoms with Crippen LogP contribution in [0.3, 0.4) is 0 Å². The number of hydrogen-bond acceptors (Lipinski definition) is 3. The highest BCUT2D eigenvalue weighted by Gasteiger charge is 2.06. The van der Waals surface area contributed by atoms with Crippen LogP contribution in [0.1, 0.15) is 35.7 Å². The molecule has 1 aromatic carbocycles. The van der Waals surface area contributed by atoms with Crippen molar-refractivity contribution in [3.63, 3.8) is 0 Å². The number of aryl methyl sites for hydroxylation is 3. The summed E-state index contributed by atoms with van der Waals surface area (Å²) in [6, 6.07) is 6.56. The van der Waals surface area contributed by atoms with Gasteiger partial charge >= 0.3 is 0 Å². The lowest BCUT2D eigenvalue weighted by atomic mass is 10.0. The predicted octanol–water partition coefficient (Wildman–Crippen LogP) is 4.19. The molecule has 0 fully saturated rings. The van der Waals surface area contributed by atoms with E-state index in [4.69, 9.17) is 0 Å². The van der Waals surface area contributed by atoms with Gasteiger partial charge in [-0.2, -0.15) is 0 Å². The van der Waals surface area contributed by atoms with Crippen LogP contribution in [0.15, 0.2) is 23.6 Å². The van der Waals surface area contributed by atoms with Crippen LogP contribution in [0.25, 0.3) is 0 Å². The highest BCUT2D eigenvalue weighted by Crippen LogP contribution is 2.23. The average molecular weight is 260 g/mol. The van der Waals surface area contributed by atoms with Gasteiger partial charge in [-0.3, -0.25) is 0 Å². The number of aromatic nitrogens is 1. The molecule has 1 heterocycles. The first-order valence-corrected chi connectivity index (χ1v) is 7.38. The normalized spacial score (nSPS) is 10.6. The molecule has 2 nitrogen and oxygen atoms in total. The first kappa shape index (κ1) is 13.1. The summed E-state index contributed by atoms with van der Waals surface area (Å²) in [5.41, 5.74) is 5.19. The van der Waals surface area contributed by atoms with Gasteiger partial charge in [-0.05, 0) is 30.9 Å². The Morgan fingerprint density at radius 1 is 1.17 bits per heavy atom. The topological polar surface area (TPSA) is 24.9 Å². The van der Waals surface area contributed by atoms with Gasteiger partial charge < -0.3 is 5.32 Å². The minimum absolute atomic E-state index is 0.822. The second-order valence-electron chi connectivity index (χ2n) is 4.39. The van der Waals surface area contributed by atoms with Crippen LogP contribution in [0.5, 0.6) is 0 Å². The standard InChI is InChI=1S/C15H20N2S/c1-4-12-7-6-8-13(5-2)15(12)16-9-14-17-11(3)10-18-14/h6-8,10,16H,4-5,9H2,1-3H3. The number of nitrogens with zero attached hydrogens (tertiary/aromatic N) is 1. The Balaban J connectivity index is 2.17. The molecule has 0 aliphatic heterocycles. The van der Waals surface area contributed by atoms with Crippen LogP contribution >= 0.6 is 11.3 Å². The summed E-state index contributed by atoms with van der Waals surface area (Å²) in [5, 5.41) is 6.82. The number of para-hydroxylation sites is 1. The van der Waals surface area contributed by atoms with Crippen molar-refractivity contribution in [2.75, 3.05) is 5.32 Å². The van der Waals surface area contributed by atoms with E-state index in [-0.39, 0.29) is 0 Å². The van der Waals surface area contributed by atoms with Crippen LogP contribution in [0, 0.1) is 6.92 Å². The molecule has 0 bridgehead atoms. The second-order valence-corrected chi connectivity index (χ2v) is 5.34. The maximum absolute atomic E-state index is 4.49. The van der Waals surface area contributed by atoms with E-state index in [0.717, 1.165) is 30.1 Å². The van der Waals surface area contributed by atoms with Crippen LogP contribution in [-0.4, -0.2) is 4.98 Å². The molecule has 0 unspecified atom stereocenters. The molecule has 2 rings (SSSR count). The molecule has 18 heavy (non-hydrogen) atoms. The van der Waals surface area contributed by atoms with Crippen molar-refractivity contribution >= 4 is 17.0 Å². The van der Waals surface area contributed by atoms with Crippen LogP contribution < -0.4 is 5.32 Å². The summed E-state index contributed by atoms with van der Waals surface area (Å²) in [7, 11) is 0. The summed E-state index contributed by atoms with van der Waals surface area (Å²) in [5.74, 6) is 0. The molecule has 1 N–H and O–H groups in total. The zero-order valence-electron chi connectivity index (χ0n) is 11.3. The van der Waals surface area contributed by atoms with Crippen molar-refractivity contribution in [1.82, 2.24) is 4.98 Å². The summed E-state index contributed by atoms with van der Waals surface area (Å²) in [6.07, 6.45) is 2.13. The lowest BCUT2D eigenvalue weighted by Gasteiger charge is -2.14.